The minimum atomic E-state index is 0.294. The number of fused-ring (bicyclic) bond motifs is 1. The fourth-order valence-corrected chi connectivity index (χ4v) is 3.47. The molecular formula is C22H29ClN6. The van der Waals surface area contributed by atoms with Crippen LogP contribution in [0, 0.1) is 0 Å². The van der Waals surface area contributed by atoms with E-state index in [1.54, 1.807) is 6.20 Å². The molecule has 1 unspecified atom stereocenters. The van der Waals surface area contributed by atoms with Crippen molar-refractivity contribution in [3.63, 3.8) is 0 Å². The number of aromatic nitrogens is 3. The Hall–Kier alpha value is -2.44. The third-order valence-corrected chi connectivity index (χ3v) is 5.34. The topological polar surface area (TPSA) is 80.0 Å². The molecule has 154 valence electrons. The zero-order valence-corrected chi connectivity index (χ0v) is 18.1. The second kappa shape index (κ2) is 9.85. The van der Waals surface area contributed by atoms with E-state index in [9.17, 15) is 0 Å². The number of hydrogen-bond acceptors (Lipinski definition) is 6. The monoisotopic (exact) mass is 412 g/mol. The Morgan fingerprint density at radius 3 is 2.55 bits per heavy atom. The van der Waals surface area contributed by atoms with E-state index in [0.717, 1.165) is 49.6 Å². The smallest absolute Gasteiger partial charge is 0.182 e. The zero-order chi connectivity index (χ0) is 20.8. The number of nitrogens with one attached hydrogen (secondary N) is 1. The van der Waals surface area contributed by atoms with E-state index < -0.39 is 0 Å². The number of halogens is 1. The van der Waals surface area contributed by atoms with Crippen molar-refractivity contribution in [1.29, 1.82) is 0 Å². The van der Waals surface area contributed by atoms with Gasteiger partial charge in [0, 0.05) is 22.7 Å². The summed E-state index contributed by atoms with van der Waals surface area (Å²) >= 11 is 5.98. The summed E-state index contributed by atoms with van der Waals surface area (Å²) in [6.45, 7) is 9.87. The summed E-state index contributed by atoms with van der Waals surface area (Å²) in [5.74, 6) is 0.730. The predicted octanol–water partition coefficient (Wildman–Crippen LogP) is 4.85. The third kappa shape index (κ3) is 5.55. The molecule has 6 nitrogen and oxygen atoms in total. The molecular weight excluding hydrogens is 384 g/mol. The lowest BCUT2D eigenvalue weighted by molar-refractivity contribution is 0.295. The molecule has 0 amide bonds. The highest BCUT2D eigenvalue weighted by Crippen LogP contribution is 2.24. The Bertz CT molecular complexity index is 940. The molecule has 1 atom stereocenters. The number of nitrogens with zero attached hydrogens (tertiary/aromatic N) is 4. The van der Waals surface area contributed by atoms with Gasteiger partial charge in [-0.15, -0.1) is 0 Å². The van der Waals surface area contributed by atoms with E-state index in [1.165, 1.54) is 0 Å². The maximum atomic E-state index is 6.21. The lowest BCUT2D eigenvalue weighted by atomic mass is 10.1. The van der Waals surface area contributed by atoms with Gasteiger partial charge in [0.2, 0.25) is 0 Å². The SMILES string of the molecule is CCN(CC)CCCC(C)Nc1cc(N)c2ncc(-c3ccc(Cl)cc3)nc2n1. The quantitative estimate of drug-likeness (QED) is 0.523. The van der Waals surface area contributed by atoms with E-state index in [1.807, 2.05) is 30.3 Å². The lowest BCUT2D eigenvalue weighted by Gasteiger charge is -2.20. The Morgan fingerprint density at radius 1 is 1.14 bits per heavy atom. The van der Waals surface area contributed by atoms with Gasteiger partial charge < -0.3 is 16.0 Å². The number of nitrogens with two attached hydrogens (primary N) is 1. The third-order valence-electron chi connectivity index (χ3n) is 5.09. The first-order valence-electron chi connectivity index (χ1n) is 10.2. The first-order valence-corrected chi connectivity index (χ1v) is 10.6. The minimum Gasteiger partial charge on any atom is -0.397 e. The standard InChI is InChI=1S/C22H29ClN6/c1-4-29(5-2)12-6-7-15(3)26-20-13-18(24)21-22(28-20)27-19(14-25-21)16-8-10-17(23)11-9-16/h8-11,13-15H,4-7,12H2,1-3H3,(H3,24,26,27,28). The van der Waals surface area contributed by atoms with E-state index in [-0.39, 0.29) is 0 Å². The minimum absolute atomic E-state index is 0.294. The number of anilines is 2. The molecule has 0 saturated carbocycles. The highest BCUT2D eigenvalue weighted by atomic mass is 35.5. The van der Waals surface area contributed by atoms with Crippen LogP contribution in [0.15, 0.2) is 36.5 Å². The van der Waals surface area contributed by atoms with E-state index in [2.05, 4.69) is 45.9 Å². The van der Waals surface area contributed by atoms with Crippen molar-refractivity contribution in [2.24, 2.45) is 0 Å². The molecule has 0 aliphatic carbocycles. The Kier molecular flexibility index (Phi) is 7.23. The summed E-state index contributed by atoms with van der Waals surface area (Å²) in [6, 6.07) is 9.64. The van der Waals surface area contributed by atoms with Crippen LogP contribution in [-0.4, -0.2) is 45.5 Å². The van der Waals surface area contributed by atoms with E-state index in [0.29, 0.717) is 27.9 Å². The normalized spacial score (nSPS) is 12.4. The summed E-state index contributed by atoms with van der Waals surface area (Å²) in [4.78, 5) is 16.2. The molecule has 3 N–H and O–H groups in total. The summed E-state index contributed by atoms with van der Waals surface area (Å²) in [6.07, 6.45) is 3.92. The molecule has 2 aromatic heterocycles. The summed E-state index contributed by atoms with van der Waals surface area (Å²) in [5, 5.41) is 4.14. The Balaban J connectivity index is 1.74. The number of nitrogen functional groups attached to an aromatic ring is 1. The molecule has 29 heavy (non-hydrogen) atoms. The van der Waals surface area contributed by atoms with Gasteiger partial charge in [-0.3, -0.25) is 0 Å². The van der Waals surface area contributed by atoms with Gasteiger partial charge in [-0.2, -0.15) is 0 Å². The molecule has 0 saturated heterocycles. The Labute approximate surface area is 177 Å². The van der Waals surface area contributed by atoms with Crippen LogP contribution in [0.4, 0.5) is 11.5 Å². The zero-order valence-electron chi connectivity index (χ0n) is 17.3. The lowest BCUT2D eigenvalue weighted by Crippen LogP contribution is -2.25. The highest BCUT2D eigenvalue weighted by Gasteiger charge is 2.11. The van der Waals surface area contributed by atoms with Crippen molar-refractivity contribution in [3.8, 4) is 11.3 Å². The van der Waals surface area contributed by atoms with Crippen LogP contribution in [0.3, 0.4) is 0 Å². The van der Waals surface area contributed by atoms with E-state index >= 15 is 0 Å². The van der Waals surface area contributed by atoms with Gasteiger partial charge in [0.15, 0.2) is 5.65 Å². The van der Waals surface area contributed by atoms with Crippen LogP contribution in [0.2, 0.25) is 5.02 Å². The average Bonchev–Trinajstić information content (AvgIpc) is 2.71. The maximum absolute atomic E-state index is 6.21. The fourth-order valence-electron chi connectivity index (χ4n) is 3.34. The van der Waals surface area contributed by atoms with Crippen molar-refractivity contribution >= 4 is 34.3 Å². The molecule has 0 bridgehead atoms. The molecule has 7 heteroatoms. The molecule has 3 rings (SSSR count). The van der Waals surface area contributed by atoms with Crippen LogP contribution in [0.1, 0.15) is 33.6 Å². The molecule has 3 aromatic rings. The van der Waals surface area contributed by atoms with Gasteiger partial charge in [-0.05, 0) is 51.5 Å². The summed E-state index contributed by atoms with van der Waals surface area (Å²) < 4.78 is 0. The molecule has 0 aliphatic heterocycles. The average molecular weight is 413 g/mol. The van der Waals surface area contributed by atoms with Gasteiger partial charge in [0.25, 0.3) is 0 Å². The first-order chi connectivity index (χ1) is 14.0. The fraction of sp³-hybridized carbons (Fsp3) is 0.409. The highest BCUT2D eigenvalue weighted by molar-refractivity contribution is 6.30. The van der Waals surface area contributed by atoms with Crippen LogP contribution >= 0.6 is 11.6 Å². The van der Waals surface area contributed by atoms with Gasteiger partial charge in [-0.25, -0.2) is 15.0 Å². The molecule has 0 radical (unpaired) electrons. The number of pyridine rings is 1. The molecule has 0 fully saturated rings. The van der Waals surface area contributed by atoms with Gasteiger partial charge in [0.05, 0.1) is 17.6 Å². The summed E-state index contributed by atoms with van der Waals surface area (Å²) in [5.41, 5.74) is 9.61. The van der Waals surface area contributed by atoms with Gasteiger partial charge in [-0.1, -0.05) is 37.6 Å². The van der Waals surface area contributed by atoms with Crippen LogP contribution in [-0.2, 0) is 0 Å². The number of benzene rings is 1. The van der Waals surface area contributed by atoms with Crippen molar-refractivity contribution in [1.82, 2.24) is 19.9 Å². The molecule has 2 heterocycles. The van der Waals surface area contributed by atoms with Crippen LogP contribution in [0.5, 0.6) is 0 Å². The number of hydrogen-bond donors (Lipinski definition) is 2. The second-order valence-electron chi connectivity index (χ2n) is 7.25. The second-order valence-corrected chi connectivity index (χ2v) is 7.68. The Morgan fingerprint density at radius 2 is 1.86 bits per heavy atom. The molecule has 0 aliphatic rings. The first kappa shape index (κ1) is 21.3. The van der Waals surface area contributed by atoms with Crippen LogP contribution < -0.4 is 11.1 Å². The van der Waals surface area contributed by atoms with Crippen LogP contribution in [0.25, 0.3) is 22.4 Å². The van der Waals surface area contributed by atoms with E-state index in [4.69, 9.17) is 17.3 Å². The van der Waals surface area contributed by atoms with Crippen molar-refractivity contribution in [3.05, 3.63) is 41.6 Å². The predicted molar refractivity (Wildman–Crippen MR) is 122 cm³/mol. The number of rotatable bonds is 9. The molecule has 1 aromatic carbocycles. The van der Waals surface area contributed by atoms with Gasteiger partial charge in [0.1, 0.15) is 11.3 Å². The summed E-state index contributed by atoms with van der Waals surface area (Å²) in [7, 11) is 0. The van der Waals surface area contributed by atoms with Crippen molar-refractivity contribution < 1.29 is 0 Å². The van der Waals surface area contributed by atoms with Crippen molar-refractivity contribution in [2.45, 2.75) is 39.7 Å². The van der Waals surface area contributed by atoms with Crippen molar-refractivity contribution in [2.75, 3.05) is 30.7 Å². The molecule has 0 spiro atoms. The maximum Gasteiger partial charge on any atom is 0.182 e. The largest absolute Gasteiger partial charge is 0.397 e. The van der Waals surface area contributed by atoms with Gasteiger partial charge >= 0.3 is 0 Å².